The molecule has 0 N–H and O–H groups in total. The lowest BCUT2D eigenvalue weighted by atomic mass is 9.86. The summed E-state index contributed by atoms with van der Waals surface area (Å²) < 4.78 is 5.60. The second kappa shape index (κ2) is 7.39. The molecule has 1 aromatic rings. The number of nitrogens with zero attached hydrogens (tertiary/aromatic N) is 1. The van der Waals surface area contributed by atoms with Crippen LogP contribution in [0.1, 0.15) is 58.4 Å². The van der Waals surface area contributed by atoms with Gasteiger partial charge in [0.15, 0.2) is 0 Å². The standard InChI is InChI=1S/C21H27NO3S/c1-4-21(2,3)18(23)19(24)26-17(15-22-20(26)25-26)14-10-6-9-13-16-11-7-5-8-12-16/h5,7-8,11-12,15H,4,6,9-10,13-14H2,1-3H3. The Bertz CT molecular complexity index is 767. The quantitative estimate of drug-likeness (QED) is 0.336. The first-order valence-electron chi connectivity index (χ1n) is 9.34. The van der Waals surface area contributed by atoms with Crippen LogP contribution in [0, 0.1) is 5.41 Å². The van der Waals surface area contributed by atoms with E-state index in [0.717, 1.165) is 37.0 Å². The Morgan fingerprint density at radius 2 is 1.77 bits per heavy atom. The highest BCUT2D eigenvalue weighted by Gasteiger charge is 2.64. The molecule has 4 nitrogen and oxygen atoms in total. The van der Waals surface area contributed by atoms with Gasteiger partial charge in [-0.1, -0.05) is 57.5 Å². The molecule has 0 radical (unpaired) electrons. The topological polar surface area (TPSA) is 59.0 Å². The Morgan fingerprint density at radius 1 is 1.08 bits per heavy atom. The Hall–Kier alpha value is -1.88. The SMILES string of the molecule is CCC(C)(C)C(=O)C(=O)S12OC1=NC=C2CCCCCc1ccccc1. The van der Waals surface area contributed by atoms with Gasteiger partial charge in [-0.25, -0.2) is 4.99 Å². The molecule has 1 unspecified atom stereocenters. The summed E-state index contributed by atoms with van der Waals surface area (Å²) in [5.74, 6) is -0.322. The lowest BCUT2D eigenvalue weighted by Crippen LogP contribution is -2.31. The lowest BCUT2D eigenvalue weighted by molar-refractivity contribution is -0.137. The highest BCUT2D eigenvalue weighted by atomic mass is 32.3. The number of carbonyl (C=O) groups is 2. The van der Waals surface area contributed by atoms with E-state index in [9.17, 15) is 9.59 Å². The number of carbonyl (C=O) groups excluding carboxylic acids is 2. The molecule has 140 valence electrons. The smallest absolute Gasteiger partial charge is 0.289 e. The number of rotatable bonds is 9. The van der Waals surface area contributed by atoms with Gasteiger partial charge in [-0.2, -0.15) is 0 Å². The predicted molar refractivity (Wildman–Crippen MR) is 107 cm³/mol. The third kappa shape index (κ3) is 3.50. The summed E-state index contributed by atoms with van der Waals surface area (Å²) in [5.41, 5.74) is 0.715. The van der Waals surface area contributed by atoms with E-state index in [0.29, 0.717) is 11.7 Å². The van der Waals surface area contributed by atoms with Crippen LogP contribution >= 0.6 is 10.3 Å². The van der Waals surface area contributed by atoms with Crippen LogP contribution in [0.25, 0.3) is 0 Å². The molecule has 0 aromatic heterocycles. The van der Waals surface area contributed by atoms with Crippen molar-refractivity contribution < 1.29 is 13.8 Å². The zero-order valence-corrected chi connectivity index (χ0v) is 16.6. The monoisotopic (exact) mass is 373 g/mol. The van der Waals surface area contributed by atoms with Crippen molar-refractivity contribution in [2.45, 2.75) is 59.3 Å². The van der Waals surface area contributed by atoms with Crippen molar-refractivity contribution in [1.82, 2.24) is 0 Å². The normalized spacial score (nSPS) is 23.2. The van der Waals surface area contributed by atoms with E-state index in [4.69, 9.17) is 4.18 Å². The summed E-state index contributed by atoms with van der Waals surface area (Å²) in [6.07, 6.45) is 7.43. The maximum absolute atomic E-state index is 12.8. The van der Waals surface area contributed by atoms with Gasteiger partial charge in [-0.3, -0.25) is 9.59 Å². The van der Waals surface area contributed by atoms with Crippen molar-refractivity contribution in [3.05, 3.63) is 47.0 Å². The van der Waals surface area contributed by atoms with Crippen molar-refractivity contribution in [3.63, 3.8) is 0 Å². The van der Waals surface area contributed by atoms with Crippen molar-refractivity contribution in [3.8, 4) is 0 Å². The average molecular weight is 374 g/mol. The number of aliphatic imine (C=N–C) groups is 1. The minimum Gasteiger partial charge on any atom is -0.400 e. The van der Waals surface area contributed by atoms with Crippen LogP contribution < -0.4 is 0 Å². The lowest BCUT2D eigenvalue weighted by Gasteiger charge is -2.22. The van der Waals surface area contributed by atoms with Gasteiger partial charge in [-0.05, 0) is 37.7 Å². The van der Waals surface area contributed by atoms with Crippen LogP contribution in [0.15, 0.2) is 46.4 Å². The van der Waals surface area contributed by atoms with E-state index in [-0.39, 0.29) is 10.9 Å². The van der Waals surface area contributed by atoms with Crippen LogP contribution in [0.2, 0.25) is 0 Å². The van der Waals surface area contributed by atoms with Gasteiger partial charge in [0.1, 0.15) is 0 Å². The molecule has 26 heavy (non-hydrogen) atoms. The fourth-order valence-electron chi connectivity index (χ4n) is 3.01. The molecule has 1 atom stereocenters. The van der Waals surface area contributed by atoms with Crippen LogP contribution in [0.4, 0.5) is 0 Å². The summed E-state index contributed by atoms with van der Waals surface area (Å²) in [6, 6.07) is 10.5. The molecule has 0 saturated carbocycles. The molecule has 2 aliphatic rings. The Labute approximate surface area is 157 Å². The molecule has 5 heteroatoms. The second-order valence-corrected chi connectivity index (χ2v) is 10.1. The number of allylic oxidation sites excluding steroid dienone is 1. The summed E-state index contributed by atoms with van der Waals surface area (Å²) >= 11 is 0. The van der Waals surface area contributed by atoms with E-state index in [1.165, 1.54) is 5.56 Å². The molecule has 1 aromatic carbocycles. The molecule has 3 rings (SSSR count). The maximum Gasteiger partial charge on any atom is 0.289 e. The van der Waals surface area contributed by atoms with Crippen molar-refractivity contribution in [1.29, 1.82) is 0 Å². The van der Waals surface area contributed by atoms with E-state index in [1.807, 2.05) is 26.8 Å². The maximum atomic E-state index is 12.8. The number of hydrogen-bond donors (Lipinski definition) is 0. The zero-order chi connectivity index (χ0) is 18.8. The number of hydrogen-bond acceptors (Lipinski definition) is 4. The number of unbranched alkanes of at least 4 members (excludes halogenated alkanes) is 2. The first-order valence-corrected chi connectivity index (χ1v) is 10.9. The molecule has 1 fully saturated rings. The predicted octanol–water partition coefficient (Wildman–Crippen LogP) is 5.28. The number of fused-ring (bicyclic) bond motifs is 1. The zero-order valence-electron chi connectivity index (χ0n) is 15.8. The van der Waals surface area contributed by atoms with Gasteiger partial charge in [0.05, 0.1) is 10.3 Å². The van der Waals surface area contributed by atoms with Crippen molar-refractivity contribution in [2.75, 3.05) is 0 Å². The number of Topliss-reactive ketones (excluding diaryl/α,β-unsaturated/α-hetero) is 1. The van der Waals surface area contributed by atoms with Gasteiger partial charge in [0.25, 0.3) is 10.3 Å². The second-order valence-electron chi connectivity index (χ2n) is 7.53. The molecule has 2 aliphatic heterocycles. The van der Waals surface area contributed by atoms with Gasteiger partial charge >= 0.3 is 0 Å². The molecule has 2 heterocycles. The summed E-state index contributed by atoms with van der Waals surface area (Å²) in [5, 5.41) is 0.123. The Kier molecular flexibility index (Phi) is 5.37. The van der Waals surface area contributed by atoms with Crippen LogP contribution in [-0.2, 0) is 20.2 Å². The Balaban J connectivity index is 1.51. The molecular formula is C21H27NO3S. The summed E-state index contributed by atoms with van der Waals surface area (Å²) in [7, 11) is -2.17. The number of aryl methyl sites for hydroxylation is 1. The van der Waals surface area contributed by atoms with Gasteiger partial charge < -0.3 is 4.18 Å². The summed E-state index contributed by atoms with van der Waals surface area (Å²) in [4.78, 5) is 30.6. The van der Waals surface area contributed by atoms with Gasteiger partial charge in [0.2, 0.25) is 5.78 Å². The highest BCUT2D eigenvalue weighted by Crippen LogP contribution is 2.76. The van der Waals surface area contributed by atoms with Crippen molar-refractivity contribution in [2.24, 2.45) is 10.4 Å². The number of benzene rings is 1. The van der Waals surface area contributed by atoms with Crippen LogP contribution in [-0.4, -0.2) is 16.1 Å². The van der Waals surface area contributed by atoms with E-state index < -0.39 is 15.7 Å². The molecule has 0 amide bonds. The average Bonchev–Trinajstić information content (AvgIpc) is 3.29. The third-order valence-electron chi connectivity index (χ3n) is 5.28. The summed E-state index contributed by atoms with van der Waals surface area (Å²) in [6.45, 7) is 5.58. The van der Waals surface area contributed by atoms with Gasteiger partial charge in [0, 0.05) is 16.5 Å². The molecule has 1 saturated heterocycles. The first-order chi connectivity index (χ1) is 12.4. The number of ketones is 1. The largest absolute Gasteiger partial charge is 0.400 e. The minimum atomic E-state index is -2.17. The van der Waals surface area contributed by atoms with Crippen molar-refractivity contribution >= 4 is 26.4 Å². The van der Waals surface area contributed by atoms with Crippen LogP contribution in [0.3, 0.4) is 0 Å². The van der Waals surface area contributed by atoms with E-state index in [2.05, 4.69) is 29.3 Å². The minimum absolute atomic E-state index is 0.322. The molecule has 0 aliphatic carbocycles. The Morgan fingerprint density at radius 3 is 2.42 bits per heavy atom. The van der Waals surface area contributed by atoms with Crippen LogP contribution in [0.5, 0.6) is 0 Å². The third-order valence-corrected chi connectivity index (χ3v) is 7.97. The first kappa shape index (κ1) is 18.9. The molecule has 0 bridgehead atoms. The fourth-order valence-corrected chi connectivity index (χ4v) is 5.61. The molecular weight excluding hydrogens is 346 g/mol. The highest BCUT2D eigenvalue weighted by molar-refractivity contribution is 8.62. The van der Waals surface area contributed by atoms with E-state index >= 15 is 0 Å². The van der Waals surface area contributed by atoms with E-state index in [1.54, 1.807) is 6.20 Å². The fraction of sp³-hybridized carbons (Fsp3) is 0.476. The van der Waals surface area contributed by atoms with Gasteiger partial charge in [-0.15, -0.1) is 0 Å². The molecule has 0 spiro atoms.